The van der Waals surface area contributed by atoms with Gasteiger partial charge in [-0.3, -0.25) is 9.48 Å². The van der Waals surface area contributed by atoms with E-state index in [0.29, 0.717) is 12.8 Å². The molecule has 1 aliphatic carbocycles. The highest BCUT2D eigenvalue weighted by molar-refractivity contribution is 5.87. The molecule has 1 heterocycles. The summed E-state index contributed by atoms with van der Waals surface area (Å²) in [5.74, 6) is -0.187. The molecule has 0 amide bonds. The normalized spacial score (nSPS) is 20.6. The Balaban J connectivity index is 2.13. The fraction of sp³-hybridized carbons (Fsp3) is 0.500. The number of ether oxygens (including phenoxy) is 1. The molecule has 1 atom stereocenters. The first-order valence-electron chi connectivity index (χ1n) is 4.86. The first-order valence-corrected chi connectivity index (χ1v) is 4.86. The van der Waals surface area contributed by atoms with Crippen LogP contribution in [0.5, 0.6) is 0 Å². The maximum absolute atomic E-state index is 11.1. The Morgan fingerprint density at radius 1 is 1.67 bits per heavy atom. The second-order valence-electron chi connectivity index (χ2n) is 3.61. The number of hydrogen-bond acceptors (Lipinski definition) is 4. The Kier molecular flexibility index (Phi) is 2.53. The molecule has 5 nitrogen and oxygen atoms in total. The van der Waals surface area contributed by atoms with E-state index in [1.54, 1.807) is 16.9 Å². The highest BCUT2D eigenvalue weighted by Crippen LogP contribution is 2.26. The number of Topliss-reactive ketones (excluding diaryl/α,β-unsaturated/α-hetero) is 1. The fourth-order valence-electron chi connectivity index (χ4n) is 1.78. The maximum Gasteiger partial charge on any atom is 0.358 e. The molecule has 0 saturated heterocycles. The van der Waals surface area contributed by atoms with E-state index in [4.69, 9.17) is 0 Å². The number of methoxy groups -OCH3 is 1. The predicted octanol–water partition coefficient (Wildman–Crippen LogP) is 0.964. The fourth-order valence-corrected chi connectivity index (χ4v) is 1.78. The summed E-state index contributed by atoms with van der Waals surface area (Å²) < 4.78 is 6.23. The largest absolute Gasteiger partial charge is 0.464 e. The van der Waals surface area contributed by atoms with E-state index >= 15 is 0 Å². The molecule has 1 aromatic heterocycles. The van der Waals surface area contributed by atoms with Crippen LogP contribution in [0.25, 0.3) is 0 Å². The van der Waals surface area contributed by atoms with Gasteiger partial charge in [0, 0.05) is 19.0 Å². The lowest BCUT2D eigenvalue weighted by Crippen LogP contribution is -2.09. The number of carbonyl (C=O) groups is 2. The van der Waals surface area contributed by atoms with Crippen LogP contribution in [0.4, 0.5) is 0 Å². The smallest absolute Gasteiger partial charge is 0.358 e. The van der Waals surface area contributed by atoms with Crippen molar-refractivity contribution in [2.24, 2.45) is 0 Å². The Morgan fingerprint density at radius 2 is 2.47 bits per heavy atom. The Morgan fingerprint density at radius 3 is 3.07 bits per heavy atom. The minimum Gasteiger partial charge on any atom is -0.464 e. The molecule has 0 spiro atoms. The Bertz CT molecular complexity index is 397. The molecule has 0 aromatic carbocycles. The van der Waals surface area contributed by atoms with Crippen molar-refractivity contribution in [3.8, 4) is 0 Å². The second-order valence-corrected chi connectivity index (χ2v) is 3.61. The molecule has 1 aliphatic rings. The summed E-state index contributed by atoms with van der Waals surface area (Å²) >= 11 is 0. The lowest BCUT2D eigenvalue weighted by atomic mass is 10.3. The Labute approximate surface area is 87.0 Å². The second kappa shape index (κ2) is 3.84. The molecule has 5 heteroatoms. The molecule has 80 valence electrons. The van der Waals surface area contributed by atoms with Crippen LogP contribution < -0.4 is 0 Å². The van der Waals surface area contributed by atoms with E-state index in [1.807, 2.05) is 0 Å². The quantitative estimate of drug-likeness (QED) is 0.679. The van der Waals surface area contributed by atoms with Crippen LogP contribution in [0.2, 0.25) is 0 Å². The predicted molar refractivity (Wildman–Crippen MR) is 51.5 cm³/mol. The third-order valence-corrected chi connectivity index (χ3v) is 2.60. The lowest BCUT2D eigenvalue weighted by molar-refractivity contribution is -0.117. The molecule has 1 fully saturated rings. The summed E-state index contributed by atoms with van der Waals surface area (Å²) in [5.41, 5.74) is 0.289. The van der Waals surface area contributed by atoms with Crippen molar-refractivity contribution in [1.29, 1.82) is 0 Å². The summed E-state index contributed by atoms with van der Waals surface area (Å²) in [6.45, 7) is 0. The van der Waals surface area contributed by atoms with Crippen LogP contribution in [0.1, 0.15) is 35.8 Å². The average Bonchev–Trinajstić information content (AvgIpc) is 2.84. The van der Waals surface area contributed by atoms with Crippen LogP contribution in [0.15, 0.2) is 12.3 Å². The Hall–Kier alpha value is -1.65. The van der Waals surface area contributed by atoms with Gasteiger partial charge in [0.25, 0.3) is 0 Å². The standard InChI is InChI=1S/C10H12N2O3/c1-15-10(14)9-4-5-12(11-9)7-2-3-8(13)6-7/h4-5,7H,2-3,6H2,1H3. The van der Waals surface area contributed by atoms with Crippen molar-refractivity contribution in [3.63, 3.8) is 0 Å². The van der Waals surface area contributed by atoms with Crippen LogP contribution in [0, 0.1) is 0 Å². The van der Waals surface area contributed by atoms with Crippen molar-refractivity contribution in [3.05, 3.63) is 18.0 Å². The van der Waals surface area contributed by atoms with Gasteiger partial charge in [-0.15, -0.1) is 0 Å². The van der Waals surface area contributed by atoms with Gasteiger partial charge >= 0.3 is 5.97 Å². The molecule has 0 N–H and O–H groups in total. The van der Waals surface area contributed by atoms with E-state index in [0.717, 1.165) is 6.42 Å². The zero-order valence-corrected chi connectivity index (χ0v) is 8.47. The molecule has 0 aliphatic heterocycles. The van der Waals surface area contributed by atoms with Gasteiger partial charge in [-0.2, -0.15) is 5.10 Å². The number of ketones is 1. The lowest BCUT2D eigenvalue weighted by Gasteiger charge is -2.07. The van der Waals surface area contributed by atoms with Crippen LogP contribution >= 0.6 is 0 Å². The average molecular weight is 208 g/mol. The number of carbonyl (C=O) groups excluding carboxylic acids is 2. The molecule has 15 heavy (non-hydrogen) atoms. The van der Waals surface area contributed by atoms with E-state index in [-0.39, 0.29) is 17.5 Å². The number of nitrogens with zero attached hydrogens (tertiary/aromatic N) is 2. The molecule has 2 rings (SSSR count). The van der Waals surface area contributed by atoms with Gasteiger partial charge in [0.05, 0.1) is 13.2 Å². The van der Waals surface area contributed by atoms with Crippen molar-refractivity contribution in [2.75, 3.05) is 7.11 Å². The van der Waals surface area contributed by atoms with Crippen LogP contribution in [-0.4, -0.2) is 28.6 Å². The molecular formula is C10H12N2O3. The first kappa shape index (κ1) is 9.89. The summed E-state index contributed by atoms with van der Waals surface area (Å²) in [7, 11) is 1.32. The number of esters is 1. The summed E-state index contributed by atoms with van der Waals surface area (Å²) in [5, 5.41) is 4.09. The number of rotatable bonds is 2. The third-order valence-electron chi connectivity index (χ3n) is 2.60. The summed E-state index contributed by atoms with van der Waals surface area (Å²) in [6.07, 6.45) is 3.65. The monoisotopic (exact) mass is 208 g/mol. The summed E-state index contributed by atoms with van der Waals surface area (Å²) in [6, 6.07) is 1.71. The molecule has 0 bridgehead atoms. The molecule has 0 radical (unpaired) electrons. The van der Waals surface area contributed by atoms with Crippen molar-refractivity contribution >= 4 is 11.8 Å². The highest BCUT2D eigenvalue weighted by atomic mass is 16.5. The van der Waals surface area contributed by atoms with Crippen LogP contribution in [-0.2, 0) is 9.53 Å². The molecular weight excluding hydrogens is 196 g/mol. The highest BCUT2D eigenvalue weighted by Gasteiger charge is 2.24. The molecule has 1 saturated carbocycles. The van der Waals surface area contributed by atoms with Crippen molar-refractivity contribution in [2.45, 2.75) is 25.3 Å². The van der Waals surface area contributed by atoms with Crippen molar-refractivity contribution in [1.82, 2.24) is 9.78 Å². The molecule has 1 unspecified atom stereocenters. The van der Waals surface area contributed by atoms with Crippen LogP contribution in [0.3, 0.4) is 0 Å². The van der Waals surface area contributed by atoms with Gasteiger partial charge < -0.3 is 4.74 Å². The maximum atomic E-state index is 11.1. The number of hydrogen-bond donors (Lipinski definition) is 0. The minimum absolute atomic E-state index is 0.107. The van der Waals surface area contributed by atoms with Gasteiger partial charge in [0.2, 0.25) is 0 Å². The third kappa shape index (κ3) is 1.91. The van der Waals surface area contributed by atoms with Gasteiger partial charge in [0.1, 0.15) is 5.78 Å². The van der Waals surface area contributed by atoms with Gasteiger partial charge in [-0.1, -0.05) is 0 Å². The van der Waals surface area contributed by atoms with Crippen molar-refractivity contribution < 1.29 is 14.3 Å². The van der Waals surface area contributed by atoms with Gasteiger partial charge in [-0.25, -0.2) is 4.79 Å². The molecule has 1 aromatic rings. The number of aromatic nitrogens is 2. The summed E-state index contributed by atoms with van der Waals surface area (Å²) in [4.78, 5) is 22.2. The SMILES string of the molecule is COC(=O)c1ccn(C2CCC(=O)C2)n1. The van der Waals surface area contributed by atoms with E-state index in [2.05, 4.69) is 9.84 Å². The first-order chi connectivity index (χ1) is 7.20. The zero-order chi connectivity index (χ0) is 10.8. The van der Waals surface area contributed by atoms with E-state index < -0.39 is 5.97 Å². The van der Waals surface area contributed by atoms with E-state index in [1.165, 1.54) is 7.11 Å². The van der Waals surface area contributed by atoms with E-state index in [9.17, 15) is 9.59 Å². The minimum atomic E-state index is -0.446. The zero-order valence-electron chi connectivity index (χ0n) is 8.47. The topological polar surface area (TPSA) is 61.2 Å². The van der Waals surface area contributed by atoms with Gasteiger partial charge in [-0.05, 0) is 12.5 Å². The van der Waals surface area contributed by atoms with Gasteiger partial charge in [0.15, 0.2) is 5.69 Å².